The van der Waals surface area contributed by atoms with Gasteiger partial charge < -0.3 is 5.11 Å². The zero-order chi connectivity index (χ0) is 14.9. The normalized spacial score (nSPS) is 14.1. The molecule has 0 aliphatic heterocycles. The van der Waals surface area contributed by atoms with Gasteiger partial charge in [-0.15, -0.1) is 0 Å². The highest BCUT2D eigenvalue weighted by atomic mass is 19.1. The summed E-state index contributed by atoms with van der Waals surface area (Å²) >= 11 is 0. The molecule has 0 aliphatic rings. The summed E-state index contributed by atoms with van der Waals surface area (Å²) in [7, 11) is 0. The van der Waals surface area contributed by atoms with Crippen LogP contribution in [0.2, 0.25) is 0 Å². The van der Waals surface area contributed by atoms with E-state index < -0.39 is 5.60 Å². The third kappa shape index (κ3) is 2.36. The number of halogens is 1. The van der Waals surface area contributed by atoms with E-state index in [2.05, 4.69) is 0 Å². The minimum absolute atomic E-state index is 0.342. The van der Waals surface area contributed by atoms with Gasteiger partial charge in [-0.25, -0.2) is 4.39 Å². The van der Waals surface area contributed by atoms with Gasteiger partial charge in [0.15, 0.2) is 0 Å². The molecule has 1 N–H and O–H groups in total. The third-order valence-electron chi connectivity index (χ3n) is 4.12. The molecule has 106 valence electrons. The number of rotatable bonds is 3. The molecule has 1 atom stereocenters. The van der Waals surface area contributed by atoms with Crippen LogP contribution < -0.4 is 0 Å². The fraction of sp³-hybridized carbons (Fsp3) is 0.333. The number of aliphatic hydroxyl groups is 1. The molecule has 0 fully saturated rings. The zero-order valence-electron chi connectivity index (χ0n) is 12.5. The largest absolute Gasteiger partial charge is 0.380 e. The first-order chi connectivity index (χ1) is 9.40. The maximum atomic E-state index is 14.1. The van der Waals surface area contributed by atoms with Gasteiger partial charge in [-0.3, -0.25) is 0 Å². The van der Waals surface area contributed by atoms with E-state index in [1.807, 2.05) is 39.8 Å². The molecule has 2 rings (SSSR count). The number of benzene rings is 2. The second-order valence-corrected chi connectivity index (χ2v) is 5.45. The molecule has 0 radical (unpaired) electrons. The third-order valence-corrected chi connectivity index (χ3v) is 4.12. The van der Waals surface area contributed by atoms with E-state index in [1.165, 1.54) is 11.6 Å². The highest BCUT2D eigenvalue weighted by molar-refractivity contribution is 5.45. The first-order valence-electron chi connectivity index (χ1n) is 6.96. The van der Waals surface area contributed by atoms with Gasteiger partial charge in [0, 0.05) is 5.56 Å². The van der Waals surface area contributed by atoms with Gasteiger partial charge in [0.05, 0.1) is 0 Å². The molecule has 0 bridgehead atoms. The predicted octanol–water partition coefficient (Wildman–Crippen LogP) is 4.40. The molecular weight excluding hydrogens is 251 g/mol. The Balaban J connectivity index is 2.69. The average Bonchev–Trinajstić information content (AvgIpc) is 2.42. The van der Waals surface area contributed by atoms with Gasteiger partial charge in [-0.2, -0.15) is 0 Å². The van der Waals surface area contributed by atoms with Crippen LogP contribution in [0.25, 0.3) is 0 Å². The second kappa shape index (κ2) is 5.37. The molecule has 0 heterocycles. The summed E-state index contributed by atoms with van der Waals surface area (Å²) in [5.41, 5.74) is 3.11. The van der Waals surface area contributed by atoms with Crippen molar-refractivity contribution in [1.29, 1.82) is 0 Å². The molecule has 0 amide bonds. The Bertz CT molecular complexity index is 633. The van der Waals surface area contributed by atoms with Crippen molar-refractivity contribution in [2.45, 2.75) is 39.7 Å². The fourth-order valence-electron chi connectivity index (χ4n) is 2.73. The van der Waals surface area contributed by atoms with E-state index in [-0.39, 0.29) is 5.82 Å². The SMILES string of the molecule is CCC(O)(c1cc(C)c(C)cc1C)c1ccccc1F. The van der Waals surface area contributed by atoms with E-state index >= 15 is 0 Å². The Morgan fingerprint density at radius 2 is 1.55 bits per heavy atom. The fourth-order valence-corrected chi connectivity index (χ4v) is 2.73. The molecular formula is C18H21FO. The summed E-state index contributed by atoms with van der Waals surface area (Å²) < 4.78 is 14.1. The standard InChI is InChI=1S/C18H21FO/c1-5-18(20,15-8-6-7-9-17(15)19)16-11-13(3)12(2)10-14(16)4/h6-11,20H,5H2,1-4H3. The highest BCUT2D eigenvalue weighted by Gasteiger charge is 2.33. The predicted molar refractivity (Wildman–Crippen MR) is 80.3 cm³/mol. The van der Waals surface area contributed by atoms with E-state index in [0.29, 0.717) is 12.0 Å². The molecule has 0 aromatic heterocycles. The van der Waals surface area contributed by atoms with Gasteiger partial charge in [0.25, 0.3) is 0 Å². The van der Waals surface area contributed by atoms with Crippen molar-refractivity contribution in [1.82, 2.24) is 0 Å². The molecule has 2 aromatic rings. The van der Waals surface area contributed by atoms with Crippen LogP contribution in [-0.2, 0) is 5.60 Å². The maximum absolute atomic E-state index is 14.1. The summed E-state index contributed by atoms with van der Waals surface area (Å²) in [4.78, 5) is 0. The number of hydrogen-bond donors (Lipinski definition) is 1. The number of hydrogen-bond acceptors (Lipinski definition) is 1. The molecule has 2 aromatic carbocycles. The van der Waals surface area contributed by atoms with Crippen LogP contribution in [0.5, 0.6) is 0 Å². The van der Waals surface area contributed by atoms with Crippen molar-refractivity contribution < 1.29 is 9.50 Å². The summed E-state index contributed by atoms with van der Waals surface area (Å²) in [6.45, 7) is 7.89. The van der Waals surface area contributed by atoms with Crippen LogP contribution >= 0.6 is 0 Å². The lowest BCUT2D eigenvalue weighted by atomic mass is 9.80. The van der Waals surface area contributed by atoms with Crippen LogP contribution in [0.3, 0.4) is 0 Å². The smallest absolute Gasteiger partial charge is 0.129 e. The number of aryl methyl sites for hydroxylation is 3. The Labute approximate surface area is 120 Å². The van der Waals surface area contributed by atoms with Crippen LogP contribution in [0.15, 0.2) is 36.4 Å². The summed E-state index contributed by atoms with van der Waals surface area (Å²) in [6.07, 6.45) is 0.428. The lowest BCUT2D eigenvalue weighted by Crippen LogP contribution is -2.29. The van der Waals surface area contributed by atoms with Crippen molar-refractivity contribution in [3.8, 4) is 0 Å². The first-order valence-corrected chi connectivity index (χ1v) is 6.96. The molecule has 1 nitrogen and oxygen atoms in total. The molecule has 1 unspecified atom stereocenters. The molecule has 2 heteroatoms. The Kier molecular flexibility index (Phi) is 3.96. The lowest BCUT2D eigenvalue weighted by molar-refractivity contribution is 0.0718. The van der Waals surface area contributed by atoms with Crippen LogP contribution in [0.4, 0.5) is 4.39 Å². The zero-order valence-corrected chi connectivity index (χ0v) is 12.5. The summed E-state index contributed by atoms with van der Waals surface area (Å²) in [5, 5.41) is 11.1. The van der Waals surface area contributed by atoms with Gasteiger partial charge in [-0.05, 0) is 55.5 Å². The van der Waals surface area contributed by atoms with E-state index in [1.54, 1.807) is 18.2 Å². The van der Waals surface area contributed by atoms with Crippen LogP contribution in [0, 0.1) is 26.6 Å². The van der Waals surface area contributed by atoms with Crippen molar-refractivity contribution >= 4 is 0 Å². The monoisotopic (exact) mass is 272 g/mol. The maximum Gasteiger partial charge on any atom is 0.129 e. The van der Waals surface area contributed by atoms with Crippen molar-refractivity contribution in [2.24, 2.45) is 0 Å². The van der Waals surface area contributed by atoms with E-state index in [0.717, 1.165) is 16.7 Å². The van der Waals surface area contributed by atoms with Crippen LogP contribution in [0.1, 0.15) is 41.2 Å². The summed E-state index contributed by atoms with van der Waals surface area (Å²) in [6, 6.07) is 10.5. The van der Waals surface area contributed by atoms with E-state index in [4.69, 9.17) is 0 Å². The molecule has 0 saturated heterocycles. The Morgan fingerprint density at radius 3 is 2.15 bits per heavy atom. The van der Waals surface area contributed by atoms with Crippen molar-refractivity contribution in [2.75, 3.05) is 0 Å². The van der Waals surface area contributed by atoms with Gasteiger partial charge in [-0.1, -0.05) is 37.3 Å². The summed E-state index contributed by atoms with van der Waals surface area (Å²) in [5.74, 6) is -0.366. The second-order valence-electron chi connectivity index (χ2n) is 5.45. The van der Waals surface area contributed by atoms with Crippen LogP contribution in [-0.4, -0.2) is 5.11 Å². The highest BCUT2D eigenvalue weighted by Crippen LogP contribution is 2.37. The molecule has 20 heavy (non-hydrogen) atoms. The van der Waals surface area contributed by atoms with Crippen molar-refractivity contribution in [3.63, 3.8) is 0 Å². The van der Waals surface area contributed by atoms with Gasteiger partial charge in [0.2, 0.25) is 0 Å². The van der Waals surface area contributed by atoms with Crippen molar-refractivity contribution in [3.05, 3.63) is 70.0 Å². The Morgan fingerprint density at radius 1 is 0.950 bits per heavy atom. The van der Waals surface area contributed by atoms with Gasteiger partial charge >= 0.3 is 0 Å². The van der Waals surface area contributed by atoms with Gasteiger partial charge in [0.1, 0.15) is 11.4 Å². The first kappa shape index (κ1) is 14.7. The molecule has 0 aliphatic carbocycles. The molecule has 0 saturated carbocycles. The van der Waals surface area contributed by atoms with E-state index in [9.17, 15) is 9.50 Å². The lowest BCUT2D eigenvalue weighted by Gasteiger charge is -2.30. The minimum atomic E-state index is -1.28. The Hall–Kier alpha value is -1.67. The average molecular weight is 272 g/mol. The molecule has 0 spiro atoms. The quantitative estimate of drug-likeness (QED) is 0.878. The minimum Gasteiger partial charge on any atom is -0.380 e. The topological polar surface area (TPSA) is 20.2 Å².